The minimum Gasteiger partial charge on any atom is -0.154 e. The Labute approximate surface area is 87.6 Å². The van der Waals surface area contributed by atoms with Crippen molar-refractivity contribution in [2.45, 2.75) is 5.88 Å². The third-order valence-electron chi connectivity index (χ3n) is 1.93. The number of nitrogens with zero attached hydrogens (tertiary/aromatic N) is 2. The Morgan fingerprint density at radius 2 is 1.71 bits per heavy atom. The Morgan fingerprint density at radius 3 is 2.29 bits per heavy atom. The summed E-state index contributed by atoms with van der Waals surface area (Å²) in [4.78, 5) is 0. The summed E-state index contributed by atoms with van der Waals surface area (Å²) in [6, 6.07) is 13.8. The molecule has 0 unspecified atom stereocenters. The number of alkyl halides is 1. The van der Waals surface area contributed by atoms with Gasteiger partial charge in [0, 0.05) is 5.56 Å². The number of aromatic nitrogens is 2. The van der Waals surface area contributed by atoms with Crippen LogP contribution in [0.1, 0.15) is 5.69 Å². The lowest BCUT2D eigenvalue weighted by Crippen LogP contribution is -1.91. The molecule has 2 rings (SSSR count). The Bertz CT molecular complexity index is 397. The third kappa shape index (κ3) is 1.91. The van der Waals surface area contributed by atoms with Gasteiger partial charge in [-0.2, -0.15) is 10.2 Å². The molecular formula is C11H9ClN2. The van der Waals surface area contributed by atoms with Crippen molar-refractivity contribution in [1.29, 1.82) is 0 Å². The second-order valence-electron chi connectivity index (χ2n) is 2.91. The van der Waals surface area contributed by atoms with Crippen LogP contribution in [0.3, 0.4) is 0 Å². The first-order valence-electron chi connectivity index (χ1n) is 4.34. The topological polar surface area (TPSA) is 25.8 Å². The number of halogens is 1. The summed E-state index contributed by atoms with van der Waals surface area (Å²) >= 11 is 5.62. The molecule has 1 heterocycles. The van der Waals surface area contributed by atoms with Gasteiger partial charge in [0.25, 0.3) is 0 Å². The van der Waals surface area contributed by atoms with Gasteiger partial charge in [0.2, 0.25) is 0 Å². The van der Waals surface area contributed by atoms with Gasteiger partial charge in [0.05, 0.1) is 17.3 Å². The molecule has 0 saturated carbocycles. The van der Waals surface area contributed by atoms with E-state index in [4.69, 9.17) is 11.6 Å². The van der Waals surface area contributed by atoms with Crippen molar-refractivity contribution in [3.05, 3.63) is 48.2 Å². The van der Waals surface area contributed by atoms with Gasteiger partial charge in [-0.1, -0.05) is 30.3 Å². The van der Waals surface area contributed by atoms with E-state index in [1.807, 2.05) is 42.5 Å². The number of rotatable bonds is 2. The average Bonchev–Trinajstić information content (AvgIpc) is 2.30. The zero-order valence-corrected chi connectivity index (χ0v) is 8.28. The van der Waals surface area contributed by atoms with Gasteiger partial charge in [-0.05, 0) is 12.1 Å². The molecule has 1 aromatic heterocycles. The van der Waals surface area contributed by atoms with Crippen molar-refractivity contribution < 1.29 is 0 Å². The lowest BCUT2D eigenvalue weighted by atomic mass is 10.1. The smallest absolute Gasteiger partial charge is 0.0929 e. The fourth-order valence-corrected chi connectivity index (χ4v) is 1.34. The second kappa shape index (κ2) is 4.20. The summed E-state index contributed by atoms with van der Waals surface area (Å²) < 4.78 is 0. The lowest BCUT2D eigenvalue weighted by Gasteiger charge is -1.99. The molecule has 0 atom stereocenters. The van der Waals surface area contributed by atoms with E-state index in [0.29, 0.717) is 5.88 Å². The largest absolute Gasteiger partial charge is 0.154 e. The number of hydrogen-bond donors (Lipinski definition) is 0. The zero-order valence-electron chi connectivity index (χ0n) is 7.52. The van der Waals surface area contributed by atoms with Crippen molar-refractivity contribution in [2.75, 3.05) is 0 Å². The predicted octanol–water partition coefficient (Wildman–Crippen LogP) is 2.88. The highest BCUT2D eigenvalue weighted by Crippen LogP contribution is 2.15. The fourth-order valence-electron chi connectivity index (χ4n) is 1.19. The van der Waals surface area contributed by atoms with E-state index in [1.165, 1.54) is 0 Å². The normalized spacial score (nSPS) is 10.1. The molecule has 0 spiro atoms. The molecule has 0 aliphatic heterocycles. The lowest BCUT2D eigenvalue weighted by molar-refractivity contribution is 0.975. The zero-order chi connectivity index (χ0) is 9.80. The van der Waals surface area contributed by atoms with Crippen molar-refractivity contribution in [3.8, 4) is 11.3 Å². The molecule has 0 aliphatic rings. The van der Waals surface area contributed by atoms with Gasteiger partial charge < -0.3 is 0 Å². The van der Waals surface area contributed by atoms with E-state index in [1.54, 1.807) is 0 Å². The Hall–Kier alpha value is -1.41. The van der Waals surface area contributed by atoms with Crippen molar-refractivity contribution in [3.63, 3.8) is 0 Å². The highest BCUT2D eigenvalue weighted by Gasteiger charge is 1.98. The number of hydrogen-bond acceptors (Lipinski definition) is 2. The second-order valence-corrected chi connectivity index (χ2v) is 3.18. The van der Waals surface area contributed by atoms with Gasteiger partial charge in [-0.15, -0.1) is 11.6 Å². The van der Waals surface area contributed by atoms with E-state index in [9.17, 15) is 0 Å². The Balaban J connectivity index is 2.34. The highest BCUT2D eigenvalue weighted by molar-refractivity contribution is 6.16. The van der Waals surface area contributed by atoms with Crippen LogP contribution in [0.4, 0.5) is 0 Å². The first kappa shape index (κ1) is 9.16. The van der Waals surface area contributed by atoms with Crippen LogP contribution in [0.15, 0.2) is 42.5 Å². The summed E-state index contributed by atoms with van der Waals surface area (Å²) in [6.07, 6.45) is 0. The summed E-state index contributed by atoms with van der Waals surface area (Å²) in [5.74, 6) is 0.405. The van der Waals surface area contributed by atoms with Crippen LogP contribution in [-0.4, -0.2) is 10.2 Å². The maximum atomic E-state index is 5.62. The maximum Gasteiger partial charge on any atom is 0.0929 e. The van der Waals surface area contributed by atoms with E-state index < -0.39 is 0 Å². The van der Waals surface area contributed by atoms with Crippen LogP contribution in [-0.2, 0) is 5.88 Å². The van der Waals surface area contributed by atoms with Crippen LogP contribution in [0, 0.1) is 0 Å². The predicted molar refractivity (Wildman–Crippen MR) is 57.0 cm³/mol. The molecule has 0 radical (unpaired) electrons. The third-order valence-corrected chi connectivity index (χ3v) is 2.20. The quantitative estimate of drug-likeness (QED) is 0.703. The van der Waals surface area contributed by atoms with Gasteiger partial charge in [-0.3, -0.25) is 0 Å². The van der Waals surface area contributed by atoms with Crippen molar-refractivity contribution in [1.82, 2.24) is 10.2 Å². The first-order valence-corrected chi connectivity index (χ1v) is 4.87. The van der Waals surface area contributed by atoms with E-state index >= 15 is 0 Å². The molecule has 0 bridgehead atoms. The minimum absolute atomic E-state index is 0.405. The van der Waals surface area contributed by atoms with Crippen LogP contribution in [0.25, 0.3) is 11.3 Å². The molecule has 3 heteroatoms. The summed E-state index contributed by atoms with van der Waals surface area (Å²) in [5.41, 5.74) is 2.74. The molecular weight excluding hydrogens is 196 g/mol. The number of benzene rings is 1. The molecule has 1 aromatic carbocycles. The van der Waals surface area contributed by atoms with Gasteiger partial charge in [-0.25, -0.2) is 0 Å². The van der Waals surface area contributed by atoms with E-state index in [2.05, 4.69) is 10.2 Å². The van der Waals surface area contributed by atoms with E-state index in [-0.39, 0.29) is 0 Å². The molecule has 0 fully saturated rings. The van der Waals surface area contributed by atoms with Gasteiger partial charge >= 0.3 is 0 Å². The van der Waals surface area contributed by atoms with Crippen LogP contribution in [0.5, 0.6) is 0 Å². The molecule has 2 nitrogen and oxygen atoms in total. The molecule has 14 heavy (non-hydrogen) atoms. The molecule has 0 aliphatic carbocycles. The van der Waals surface area contributed by atoms with Crippen molar-refractivity contribution >= 4 is 11.6 Å². The van der Waals surface area contributed by atoms with Crippen LogP contribution < -0.4 is 0 Å². The molecule has 0 saturated heterocycles. The summed E-state index contributed by atoms with van der Waals surface area (Å²) in [5, 5.41) is 8.08. The molecule has 0 N–H and O–H groups in total. The molecule has 0 amide bonds. The van der Waals surface area contributed by atoms with Crippen LogP contribution >= 0.6 is 11.6 Å². The minimum atomic E-state index is 0.405. The maximum absolute atomic E-state index is 5.62. The fraction of sp³-hybridized carbons (Fsp3) is 0.0909. The van der Waals surface area contributed by atoms with Gasteiger partial charge in [0.1, 0.15) is 0 Å². The Kier molecular flexibility index (Phi) is 2.75. The average molecular weight is 205 g/mol. The molecule has 2 aromatic rings. The standard InChI is InChI=1S/C11H9ClN2/c12-8-10-6-7-11(14-13-10)9-4-2-1-3-5-9/h1-7H,8H2. The monoisotopic (exact) mass is 204 g/mol. The van der Waals surface area contributed by atoms with E-state index in [0.717, 1.165) is 17.0 Å². The first-order chi connectivity index (χ1) is 6.90. The molecule has 70 valence electrons. The SMILES string of the molecule is ClCc1ccc(-c2ccccc2)nn1. The summed E-state index contributed by atoms with van der Waals surface area (Å²) in [7, 11) is 0. The summed E-state index contributed by atoms with van der Waals surface area (Å²) in [6.45, 7) is 0. The van der Waals surface area contributed by atoms with Crippen molar-refractivity contribution in [2.24, 2.45) is 0 Å². The van der Waals surface area contributed by atoms with Gasteiger partial charge in [0.15, 0.2) is 0 Å². The van der Waals surface area contributed by atoms with Crippen LogP contribution in [0.2, 0.25) is 0 Å². The Morgan fingerprint density at radius 1 is 0.929 bits per heavy atom. The highest BCUT2D eigenvalue weighted by atomic mass is 35.5.